The van der Waals surface area contributed by atoms with Crippen molar-refractivity contribution in [3.8, 4) is 11.3 Å². The molecule has 0 spiro atoms. The molecular weight excluding hydrogens is 534 g/mol. The third-order valence-corrected chi connectivity index (χ3v) is 7.34. The van der Waals surface area contributed by atoms with Crippen LogP contribution in [0.25, 0.3) is 11.3 Å². The van der Waals surface area contributed by atoms with Gasteiger partial charge >= 0.3 is 12.1 Å². The van der Waals surface area contributed by atoms with E-state index in [1.54, 1.807) is 62.4 Å². The average Bonchev–Trinajstić information content (AvgIpc) is 3.49. The minimum Gasteiger partial charge on any atom is -0.479 e. The molecule has 0 bridgehead atoms. The Hall–Kier alpha value is -4.63. The zero-order valence-corrected chi connectivity index (χ0v) is 22.5. The molecule has 10 heteroatoms. The average molecular weight is 560 g/mol. The van der Waals surface area contributed by atoms with Crippen LogP contribution in [0.15, 0.2) is 77.3 Å². The van der Waals surface area contributed by atoms with Crippen LogP contribution in [0.5, 0.6) is 0 Å². The van der Waals surface area contributed by atoms with Crippen LogP contribution in [0.3, 0.4) is 0 Å². The lowest BCUT2D eigenvalue weighted by Crippen LogP contribution is -2.55. The number of hydrogen-bond donors (Lipinski definition) is 3. The Kier molecular flexibility index (Phi) is 7.32. The normalized spacial score (nSPS) is 14.2. The highest BCUT2D eigenvalue weighted by Gasteiger charge is 2.45. The van der Waals surface area contributed by atoms with Gasteiger partial charge in [0.15, 0.2) is 5.76 Å². The molecular formula is C30H26ClN3O6. The lowest BCUT2D eigenvalue weighted by atomic mass is 9.95. The fourth-order valence-corrected chi connectivity index (χ4v) is 5.13. The Labute approximate surface area is 235 Å². The van der Waals surface area contributed by atoms with E-state index in [-0.39, 0.29) is 24.2 Å². The maximum Gasteiger partial charge on any atom is 0.412 e. The van der Waals surface area contributed by atoms with E-state index in [0.29, 0.717) is 27.5 Å². The number of carboxylic acid groups (broad SMARTS) is 1. The van der Waals surface area contributed by atoms with Crippen molar-refractivity contribution < 1.29 is 28.8 Å². The number of carbonyl (C=O) groups is 3. The molecule has 3 aromatic carbocycles. The Bertz CT molecular complexity index is 1570. The van der Waals surface area contributed by atoms with Crippen LogP contribution in [0.2, 0.25) is 5.02 Å². The van der Waals surface area contributed by atoms with Crippen molar-refractivity contribution in [2.45, 2.75) is 38.3 Å². The number of aliphatic carboxylic acids is 1. The largest absolute Gasteiger partial charge is 0.479 e. The van der Waals surface area contributed by atoms with Gasteiger partial charge in [-0.25, -0.2) is 9.59 Å². The van der Waals surface area contributed by atoms with Crippen LogP contribution < -0.4 is 10.6 Å². The van der Waals surface area contributed by atoms with E-state index < -0.39 is 29.6 Å². The molecule has 1 atom stereocenters. The molecule has 0 saturated heterocycles. The first-order chi connectivity index (χ1) is 19.2. The summed E-state index contributed by atoms with van der Waals surface area (Å²) in [7, 11) is 0. The highest BCUT2D eigenvalue weighted by molar-refractivity contribution is 6.31. The van der Waals surface area contributed by atoms with E-state index in [1.165, 1.54) is 0 Å². The number of carbonyl (C=O) groups excluding carboxylic acids is 2. The van der Waals surface area contributed by atoms with E-state index in [0.717, 1.165) is 11.1 Å². The molecule has 1 unspecified atom stereocenters. The van der Waals surface area contributed by atoms with Crippen LogP contribution in [0.1, 0.15) is 45.8 Å². The Morgan fingerprint density at radius 1 is 1.00 bits per heavy atom. The van der Waals surface area contributed by atoms with Gasteiger partial charge in [0.1, 0.15) is 23.0 Å². The standard InChI is InChI=1S/C30H26ClN3O6/c1-17-25(32-29(38)39-18(2)23-9-5-6-10-24(23)31)26(40-34-17)19-11-13-20(14-12-19)27(35)33-30(28(36)37)15-21-7-3-4-8-22(21)16-30/h3-14,18H,15-16H2,1-2H3,(H,32,38)(H,33,35)(H,36,37). The molecule has 5 rings (SSSR count). The molecule has 2 amide bonds. The van der Waals surface area contributed by atoms with E-state index in [4.69, 9.17) is 20.9 Å². The summed E-state index contributed by atoms with van der Waals surface area (Å²) in [6.45, 7) is 3.39. The summed E-state index contributed by atoms with van der Waals surface area (Å²) in [4.78, 5) is 38.0. The van der Waals surface area contributed by atoms with Crippen molar-refractivity contribution in [2.75, 3.05) is 5.32 Å². The van der Waals surface area contributed by atoms with Gasteiger partial charge in [0.05, 0.1) is 0 Å². The topological polar surface area (TPSA) is 131 Å². The third-order valence-electron chi connectivity index (χ3n) is 6.99. The van der Waals surface area contributed by atoms with Gasteiger partial charge < -0.3 is 19.7 Å². The number of benzene rings is 3. The Morgan fingerprint density at radius 3 is 2.25 bits per heavy atom. The van der Waals surface area contributed by atoms with Crippen molar-refractivity contribution in [3.05, 3.63) is 106 Å². The van der Waals surface area contributed by atoms with Crippen LogP contribution in [0, 0.1) is 6.92 Å². The minimum absolute atomic E-state index is 0.208. The zero-order chi connectivity index (χ0) is 28.4. The second-order valence-corrected chi connectivity index (χ2v) is 10.1. The van der Waals surface area contributed by atoms with E-state index in [9.17, 15) is 19.5 Å². The molecule has 3 N–H and O–H groups in total. The van der Waals surface area contributed by atoms with Crippen molar-refractivity contribution in [1.82, 2.24) is 10.5 Å². The molecule has 9 nitrogen and oxygen atoms in total. The summed E-state index contributed by atoms with van der Waals surface area (Å²) in [6.07, 6.45) is -0.899. The molecule has 0 aliphatic heterocycles. The molecule has 1 heterocycles. The molecule has 204 valence electrons. The predicted octanol–water partition coefficient (Wildman–Crippen LogP) is 5.97. The SMILES string of the molecule is Cc1noc(-c2ccc(C(=O)NC3(C(=O)O)Cc4ccccc4C3)cc2)c1NC(=O)OC(C)c1ccccc1Cl. The summed E-state index contributed by atoms with van der Waals surface area (Å²) in [5, 5.41) is 19.8. The first kappa shape index (κ1) is 27.0. The summed E-state index contributed by atoms with van der Waals surface area (Å²) < 4.78 is 11.0. The molecule has 1 aliphatic rings. The lowest BCUT2D eigenvalue weighted by Gasteiger charge is -2.25. The Morgan fingerprint density at radius 2 is 1.62 bits per heavy atom. The van der Waals surface area contributed by atoms with Crippen molar-refractivity contribution >= 4 is 35.3 Å². The number of carboxylic acids is 1. The molecule has 1 aromatic heterocycles. The van der Waals surface area contributed by atoms with Gasteiger partial charge in [-0.1, -0.05) is 71.4 Å². The maximum atomic E-state index is 13.1. The van der Waals surface area contributed by atoms with Crippen molar-refractivity contribution in [2.24, 2.45) is 0 Å². The number of halogens is 1. The number of anilines is 1. The van der Waals surface area contributed by atoms with Crippen LogP contribution in [-0.4, -0.2) is 33.8 Å². The van der Waals surface area contributed by atoms with Crippen LogP contribution >= 0.6 is 11.6 Å². The number of aryl methyl sites for hydroxylation is 1. The number of amides is 2. The van der Waals surface area contributed by atoms with E-state index >= 15 is 0 Å². The van der Waals surface area contributed by atoms with E-state index in [1.807, 2.05) is 24.3 Å². The zero-order valence-electron chi connectivity index (χ0n) is 21.7. The van der Waals surface area contributed by atoms with Gasteiger partial charge in [-0.05, 0) is 43.2 Å². The smallest absolute Gasteiger partial charge is 0.412 e. The van der Waals surface area contributed by atoms with Gasteiger partial charge in [-0.3, -0.25) is 10.1 Å². The first-order valence-electron chi connectivity index (χ1n) is 12.6. The minimum atomic E-state index is -1.42. The Balaban J connectivity index is 1.29. The summed E-state index contributed by atoms with van der Waals surface area (Å²) >= 11 is 6.21. The number of ether oxygens (including phenoxy) is 1. The van der Waals surface area contributed by atoms with Crippen LogP contribution in [-0.2, 0) is 22.4 Å². The number of aromatic nitrogens is 1. The number of rotatable bonds is 7. The number of nitrogens with one attached hydrogen (secondary N) is 2. The first-order valence-corrected chi connectivity index (χ1v) is 13.0. The van der Waals surface area contributed by atoms with Gasteiger partial charge in [-0.2, -0.15) is 0 Å². The second-order valence-electron chi connectivity index (χ2n) is 9.71. The quantitative estimate of drug-likeness (QED) is 0.254. The van der Waals surface area contributed by atoms with Gasteiger partial charge in [0.25, 0.3) is 5.91 Å². The molecule has 1 aliphatic carbocycles. The summed E-state index contributed by atoms with van der Waals surface area (Å²) in [5.74, 6) is -1.32. The predicted molar refractivity (Wildman–Crippen MR) is 148 cm³/mol. The number of hydrogen-bond acceptors (Lipinski definition) is 6. The number of fused-ring (bicyclic) bond motifs is 1. The molecule has 40 heavy (non-hydrogen) atoms. The molecule has 4 aromatic rings. The fraction of sp³-hybridized carbons (Fsp3) is 0.200. The molecule has 0 fully saturated rings. The summed E-state index contributed by atoms with van der Waals surface area (Å²) in [5.41, 5.74) is 2.64. The molecule has 0 saturated carbocycles. The molecule has 0 radical (unpaired) electrons. The second kappa shape index (κ2) is 10.9. The number of nitrogens with zero attached hydrogens (tertiary/aromatic N) is 1. The van der Waals surface area contributed by atoms with Crippen molar-refractivity contribution in [1.29, 1.82) is 0 Å². The van der Waals surface area contributed by atoms with Crippen LogP contribution in [0.4, 0.5) is 10.5 Å². The fourth-order valence-electron chi connectivity index (χ4n) is 4.85. The van der Waals surface area contributed by atoms with Crippen molar-refractivity contribution in [3.63, 3.8) is 0 Å². The van der Waals surface area contributed by atoms with Gasteiger partial charge in [-0.15, -0.1) is 0 Å². The maximum absolute atomic E-state index is 13.1. The van der Waals surface area contributed by atoms with E-state index in [2.05, 4.69) is 15.8 Å². The van der Waals surface area contributed by atoms with Gasteiger partial charge in [0.2, 0.25) is 0 Å². The monoisotopic (exact) mass is 559 g/mol. The lowest BCUT2D eigenvalue weighted by molar-refractivity contribution is -0.144. The highest BCUT2D eigenvalue weighted by Crippen LogP contribution is 2.33. The van der Waals surface area contributed by atoms with Gasteiger partial charge in [0, 0.05) is 34.6 Å². The highest BCUT2D eigenvalue weighted by atomic mass is 35.5. The third kappa shape index (κ3) is 5.28. The summed E-state index contributed by atoms with van der Waals surface area (Å²) in [6, 6.07) is 20.9.